The zero-order valence-electron chi connectivity index (χ0n) is 17.7. The van der Waals surface area contributed by atoms with Crippen LogP contribution < -0.4 is 20.8 Å². The summed E-state index contributed by atoms with van der Waals surface area (Å²) in [5, 5.41) is 5.56. The van der Waals surface area contributed by atoms with Gasteiger partial charge in [-0.2, -0.15) is 0 Å². The molecule has 2 amide bonds. The monoisotopic (exact) mass is 396 g/mol. The van der Waals surface area contributed by atoms with E-state index in [0.29, 0.717) is 13.2 Å². The summed E-state index contributed by atoms with van der Waals surface area (Å²) in [7, 11) is -0.388. The Hall–Kier alpha value is -2.51. The number of carbonyl (C=O) groups is 1. The first-order valence-corrected chi connectivity index (χ1v) is 9.86. The quantitative estimate of drug-likeness (QED) is 0.580. The van der Waals surface area contributed by atoms with Gasteiger partial charge in [0.1, 0.15) is 12.4 Å². The first-order chi connectivity index (χ1) is 13.7. The molecule has 7 heteroatoms. The van der Waals surface area contributed by atoms with Crippen LogP contribution in [0.15, 0.2) is 48.5 Å². The van der Waals surface area contributed by atoms with Crippen molar-refractivity contribution < 1.29 is 18.8 Å². The summed E-state index contributed by atoms with van der Waals surface area (Å²) < 4.78 is 17.8. The molecule has 6 nitrogen and oxygen atoms in total. The largest absolute Gasteiger partial charge is 0.494 e. The molecule has 0 bridgehead atoms. The van der Waals surface area contributed by atoms with E-state index in [1.807, 2.05) is 83.1 Å². The predicted octanol–water partition coefficient (Wildman–Crippen LogP) is 3.49. The van der Waals surface area contributed by atoms with Crippen LogP contribution in [0.5, 0.6) is 5.75 Å². The molecule has 1 aliphatic heterocycles. The minimum Gasteiger partial charge on any atom is -0.492 e. The number of rotatable bonds is 6. The number of urea groups is 1. The third kappa shape index (κ3) is 5.31. The van der Waals surface area contributed by atoms with Crippen molar-refractivity contribution >= 4 is 24.3 Å². The van der Waals surface area contributed by atoms with Gasteiger partial charge in [-0.3, -0.25) is 0 Å². The van der Waals surface area contributed by atoms with Crippen LogP contribution >= 0.6 is 0 Å². The highest BCUT2D eigenvalue weighted by Gasteiger charge is 2.51. The molecular formula is C22H29BN2O4. The molecule has 2 aromatic carbocycles. The molecule has 2 aromatic rings. The second-order valence-corrected chi connectivity index (χ2v) is 8.25. The van der Waals surface area contributed by atoms with E-state index >= 15 is 0 Å². The van der Waals surface area contributed by atoms with Crippen molar-refractivity contribution in [1.82, 2.24) is 5.32 Å². The molecule has 1 heterocycles. The van der Waals surface area contributed by atoms with Crippen molar-refractivity contribution in [1.29, 1.82) is 0 Å². The molecule has 0 unspecified atom stereocenters. The molecule has 0 aromatic heterocycles. The number of benzene rings is 2. The van der Waals surface area contributed by atoms with E-state index in [1.54, 1.807) is 0 Å². The Morgan fingerprint density at radius 2 is 1.55 bits per heavy atom. The van der Waals surface area contributed by atoms with Gasteiger partial charge in [-0.1, -0.05) is 29.8 Å². The second kappa shape index (κ2) is 8.47. The molecule has 2 N–H and O–H groups in total. The lowest BCUT2D eigenvalue weighted by atomic mass is 9.79. The highest BCUT2D eigenvalue weighted by atomic mass is 16.7. The summed E-state index contributed by atoms with van der Waals surface area (Å²) >= 11 is 0. The number of ether oxygens (including phenoxy) is 1. The van der Waals surface area contributed by atoms with Crippen molar-refractivity contribution in [3.05, 3.63) is 54.1 Å². The Kier molecular flexibility index (Phi) is 6.20. The van der Waals surface area contributed by atoms with E-state index in [0.717, 1.165) is 22.5 Å². The maximum Gasteiger partial charge on any atom is 0.494 e. The molecule has 154 valence electrons. The van der Waals surface area contributed by atoms with Crippen LogP contribution in [0.3, 0.4) is 0 Å². The Morgan fingerprint density at radius 3 is 2.14 bits per heavy atom. The second-order valence-electron chi connectivity index (χ2n) is 8.25. The smallest absolute Gasteiger partial charge is 0.492 e. The first kappa shape index (κ1) is 21.2. The summed E-state index contributed by atoms with van der Waals surface area (Å²) in [6, 6.07) is 15.0. The van der Waals surface area contributed by atoms with Crippen molar-refractivity contribution in [2.24, 2.45) is 0 Å². The fourth-order valence-corrected chi connectivity index (χ4v) is 2.85. The number of anilines is 1. The zero-order valence-corrected chi connectivity index (χ0v) is 17.7. The van der Waals surface area contributed by atoms with Crippen LogP contribution in [0.4, 0.5) is 10.5 Å². The van der Waals surface area contributed by atoms with Crippen LogP contribution in [0, 0.1) is 6.92 Å². The van der Waals surface area contributed by atoms with E-state index in [1.165, 1.54) is 0 Å². The van der Waals surface area contributed by atoms with E-state index in [2.05, 4.69) is 10.6 Å². The molecule has 0 spiro atoms. The van der Waals surface area contributed by atoms with E-state index in [-0.39, 0.29) is 24.4 Å². The lowest BCUT2D eigenvalue weighted by Crippen LogP contribution is -2.41. The molecular weight excluding hydrogens is 367 g/mol. The minimum atomic E-state index is -0.388. The standard InChI is InChI=1S/C22H29BN2O4/c1-16-6-10-18(11-7-16)25-20(26)24-14-15-27-19-12-8-17(9-13-19)23-28-21(2,3)22(4,5)29-23/h6-13H,14-15H2,1-5H3,(H2,24,25,26). The van der Waals surface area contributed by atoms with Gasteiger partial charge in [0.2, 0.25) is 0 Å². The zero-order chi connectivity index (χ0) is 21.1. The molecule has 1 fully saturated rings. The van der Waals surface area contributed by atoms with Gasteiger partial charge in [-0.05, 0) is 64.3 Å². The third-order valence-corrected chi connectivity index (χ3v) is 5.37. The molecule has 0 radical (unpaired) electrons. The van der Waals surface area contributed by atoms with E-state index < -0.39 is 0 Å². The Bertz CT molecular complexity index is 819. The molecule has 0 saturated carbocycles. The van der Waals surface area contributed by atoms with Gasteiger partial charge in [0.05, 0.1) is 17.7 Å². The highest BCUT2D eigenvalue weighted by molar-refractivity contribution is 6.62. The summed E-state index contributed by atoms with van der Waals surface area (Å²) in [5.74, 6) is 0.728. The molecule has 0 atom stereocenters. The van der Waals surface area contributed by atoms with Crippen LogP contribution in [0.25, 0.3) is 0 Å². The summed E-state index contributed by atoms with van der Waals surface area (Å²) in [5.41, 5.74) is 2.13. The van der Waals surface area contributed by atoms with Gasteiger partial charge in [0.15, 0.2) is 0 Å². The van der Waals surface area contributed by atoms with Crippen molar-refractivity contribution in [3.63, 3.8) is 0 Å². The maximum atomic E-state index is 11.9. The SMILES string of the molecule is Cc1ccc(NC(=O)NCCOc2ccc(B3OC(C)(C)C(C)(C)O3)cc2)cc1. The van der Waals surface area contributed by atoms with Gasteiger partial charge in [-0.15, -0.1) is 0 Å². The van der Waals surface area contributed by atoms with Crippen molar-refractivity contribution in [3.8, 4) is 5.75 Å². The normalized spacial score (nSPS) is 17.1. The van der Waals surface area contributed by atoms with Crippen LogP contribution in [-0.4, -0.2) is 37.5 Å². The van der Waals surface area contributed by atoms with Crippen molar-refractivity contribution in [2.45, 2.75) is 45.8 Å². The van der Waals surface area contributed by atoms with Crippen LogP contribution in [-0.2, 0) is 9.31 Å². The van der Waals surface area contributed by atoms with Crippen LogP contribution in [0.1, 0.15) is 33.3 Å². The number of hydrogen-bond donors (Lipinski definition) is 2. The number of nitrogens with one attached hydrogen (secondary N) is 2. The Labute approximate surface area is 173 Å². The first-order valence-electron chi connectivity index (χ1n) is 9.86. The summed E-state index contributed by atoms with van der Waals surface area (Å²) in [6.07, 6.45) is 0. The average Bonchev–Trinajstić information content (AvgIpc) is 2.89. The third-order valence-electron chi connectivity index (χ3n) is 5.37. The van der Waals surface area contributed by atoms with Gasteiger partial charge in [0.25, 0.3) is 0 Å². The molecule has 0 aliphatic carbocycles. The molecule has 29 heavy (non-hydrogen) atoms. The van der Waals surface area contributed by atoms with E-state index in [9.17, 15) is 4.79 Å². The Morgan fingerprint density at radius 1 is 0.966 bits per heavy atom. The fraction of sp³-hybridized carbons (Fsp3) is 0.409. The summed E-state index contributed by atoms with van der Waals surface area (Å²) in [6.45, 7) is 10.9. The van der Waals surface area contributed by atoms with Gasteiger partial charge in [-0.25, -0.2) is 4.79 Å². The minimum absolute atomic E-state index is 0.256. The highest BCUT2D eigenvalue weighted by Crippen LogP contribution is 2.36. The van der Waals surface area contributed by atoms with E-state index in [4.69, 9.17) is 14.0 Å². The molecule has 3 rings (SSSR count). The maximum absolute atomic E-state index is 11.9. The average molecular weight is 396 g/mol. The number of hydrogen-bond acceptors (Lipinski definition) is 4. The number of carbonyl (C=O) groups excluding carboxylic acids is 1. The van der Waals surface area contributed by atoms with Gasteiger partial charge < -0.3 is 24.7 Å². The summed E-state index contributed by atoms with van der Waals surface area (Å²) in [4.78, 5) is 11.9. The van der Waals surface area contributed by atoms with Crippen molar-refractivity contribution in [2.75, 3.05) is 18.5 Å². The predicted molar refractivity (Wildman–Crippen MR) is 116 cm³/mol. The Balaban J connectivity index is 1.41. The van der Waals surface area contributed by atoms with Crippen LogP contribution in [0.2, 0.25) is 0 Å². The van der Waals surface area contributed by atoms with Gasteiger partial charge in [0, 0.05) is 5.69 Å². The number of amides is 2. The molecule has 1 aliphatic rings. The fourth-order valence-electron chi connectivity index (χ4n) is 2.85. The molecule has 1 saturated heterocycles. The topological polar surface area (TPSA) is 68.8 Å². The lowest BCUT2D eigenvalue weighted by molar-refractivity contribution is 0.00578. The lowest BCUT2D eigenvalue weighted by Gasteiger charge is -2.32. The number of aryl methyl sites for hydroxylation is 1. The van der Waals surface area contributed by atoms with Gasteiger partial charge >= 0.3 is 13.1 Å².